The molecule has 0 aliphatic rings. The van der Waals surface area contributed by atoms with E-state index in [9.17, 15) is 4.79 Å². The zero-order chi connectivity index (χ0) is 20.9. The summed E-state index contributed by atoms with van der Waals surface area (Å²) in [7, 11) is 1.61. The Hall–Kier alpha value is -3.93. The van der Waals surface area contributed by atoms with Crippen molar-refractivity contribution >= 4 is 28.2 Å². The fourth-order valence-electron chi connectivity index (χ4n) is 3.27. The number of amides is 1. The van der Waals surface area contributed by atoms with Gasteiger partial charge >= 0.3 is 0 Å². The summed E-state index contributed by atoms with van der Waals surface area (Å²) in [4.78, 5) is 11.7. The highest BCUT2D eigenvalue weighted by Gasteiger charge is 2.12. The van der Waals surface area contributed by atoms with Crippen molar-refractivity contribution in [2.24, 2.45) is 0 Å². The smallest absolute Gasteiger partial charge is 0.251 e. The number of nitrogens with one attached hydrogen (secondary N) is 2. The van der Waals surface area contributed by atoms with Gasteiger partial charge in [0.05, 0.1) is 6.61 Å². The normalized spacial score (nSPS) is 10.6. The average Bonchev–Trinajstić information content (AvgIpc) is 2.80. The highest BCUT2D eigenvalue weighted by molar-refractivity contribution is 6.01. The van der Waals surface area contributed by atoms with E-state index in [0.29, 0.717) is 18.0 Å². The number of ether oxygens (including phenoxy) is 1. The predicted molar refractivity (Wildman–Crippen MR) is 119 cm³/mol. The first-order valence-corrected chi connectivity index (χ1v) is 9.77. The second kappa shape index (κ2) is 8.61. The van der Waals surface area contributed by atoms with Crippen LogP contribution >= 0.6 is 0 Å². The van der Waals surface area contributed by atoms with Gasteiger partial charge in [0.25, 0.3) is 5.91 Å². The molecular weight excluding hydrogens is 376 g/mol. The van der Waals surface area contributed by atoms with E-state index in [0.717, 1.165) is 33.5 Å². The molecule has 3 aromatic carbocycles. The lowest BCUT2D eigenvalue weighted by atomic mass is 10.0. The quantitative estimate of drug-likeness (QED) is 0.488. The number of hydrogen-bond donors (Lipinski definition) is 2. The van der Waals surface area contributed by atoms with Gasteiger partial charge in [0.15, 0.2) is 5.82 Å². The molecule has 0 spiro atoms. The number of carbonyl (C=O) groups is 1. The van der Waals surface area contributed by atoms with Crippen molar-refractivity contribution in [3.63, 3.8) is 0 Å². The number of anilines is 2. The first kappa shape index (κ1) is 19.4. The van der Waals surface area contributed by atoms with Crippen LogP contribution in [0.4, 0.5) is 11.5 Å². The Morgan fingerprint density at radius 2 is 1.60 bits per heavy atom. The number of aromatic nitrogens is 2. The van der Waals surface area contributed by atoms with Crippen LogP contribution in [0, 0.1) is 0 Å². The molecule has 30 heavy (non-hydrogen) atoms. The van der Waals surface area contributed by atoms with Gasteiger partial charge in [-0.1, -0.05) is 24.3 Å². The third-order valence-corrected chi connectivity index (χ3v) is 4.76. The van der Waals surface area contributed by atoms with Crippen LogP contribution in [0.15, 0.2) is 72.8 Å². The van der Waals surface area contributed by atoms with Crippen LogP contribution in [0.5, 0.6) is 5.75 Å². The Morgan fingerprint density at radius 3 is 2.27 bits per heavy atom. The van der Waals surface area contributed by atoms with Crippen LogP contribution in [0.2, 0.25) is 0 Å². The monoisotopic (exact) mass is 398 g/mol. The Labute approximate surface area is 174 Å². The summed E-state index contributed by atoms with van der Waals surface area (Å²) >= 11 is 0. The highest BCUT2D eigenvalue weighted by atomic mass is 16.5. The topological polar surface area (TPSA) is 76.1 Å². The molecular formula is C24H22N4O2. The van der Waals surface area contributed by atoms with E-state index < -0.39 is 0 Å². The maximum atomic E-state index is 11.7. The summed E-state index contributed by atoms with van der Waals surface area (Å²) < 4.78 is 5.53. The molecule has 0 atom stereocenters. The molecule has 2 N–H and O–H groups in total. The third kappa shape index (κ3) is 3.93. The molecule has 1 amide bonds. The van der Waals surface area contributed by atoms with E-state index in [1.54, 1.807) is 19.2 Å². The van der Waals surface area contributed by atoms with Gasteiger partial charge in [0, 0.05) is 34.6 Å². The lowest BCUT2D eigenvalue weighted by molar-refractivity contribution is 0.0963. The SMILES string of the molecule is CCOc1ccc(-c2nnc(Nc3ccc(C(=O)NC)cc3)c3ccccc23)cc1. The van der Waals surface area contributed by atoms with Crippen LogP contribution in [0.3, 0.4) is 0 Å². The van der Waals surface area contributed by atoms with E-state index in [4.69, 9.17) is 4.74 Å². The minimum atomic E-state index is -0.119. The van der Waals surface area contributed by atoms with Crippen molar-refractivity contribution in [2.75, 3.05) is 19.0 Å². The van der Waals surface area contributed by atoms with Crippen molar-refractivity contribution in [3.05, 3.63) is 78.4 Å². The van der Waals surface area contributed by atoms with Gasteiger partial charge in [-0.3, -0.25) is 4.79 Å². The standard InChI is InChI=1S/C24H22N4O2/c1-3-30-19-14-10-16(11-15-19)22-20-6-4-5-7-21(20)23(28-27-22)26-18-12-8-17(9-13-18)24(29)25-2/h4-15H,3H2,1-2H3,(H,25,29)(H,26,28). The van der Waals surface area contributed by atoms with Crippen LogP contribution < -0.4 is 15.4 Å². The largest absolute Gasteiger partial charge is 0.494 e. The maximum absolute atomic E-state index is 11.7. The van der Waals surface area contributed by atoms with E-state index in [-0.39, 0.29) is 5.91 Å². The summed E-state index contributed by atoms with van der Waals surface area (Å²) in [6.45, 7) is 2.59. The van der Waals surface area contributed by atoms with Crippen LogP contribution in [0.1, 0.15) is 17.3 Å². The van der Waals surface area contributed by atoms with E-state index in [1.807, 2.05) is 67.6 Å². The number of hydrogen-bond acceptors (Lipinski definition) is 5. The average molecular weight is 398 g/mol. The predicted octanol–water partition coefficient (Wildman–Crippen LogP) is 4.80. The van der Waals surface area contributed by atoms with Gasteiger partial charge in [0.1, 0.15) is 11.4 Å². The van der Waals surface area contributed by atoms with Crippen molar-refractivity contribution < 1.29 is 9.53 Å². The molecule has 0 aliphatic heterocycles. The second-order valence-electron chi connectivity index (χ2n) is 6.68. The molecule has 0 bridgehead atoms. The van der Waals surface area contributed by atoms with Crippen LogP contribution in [0.25, 0.3) is 22.0 Å². The van der Waals surface area contributed by atoms with E-state index in [2.05, 4.69) is 20.8 Å². The molecule has 0 aliphatic carbocycles. The summed E-state index contributed by atoms with van der Waals surface area (Å²) in [5, 5.41) is 16.8. The third-order valence-electron chi connectivity index (χ3n) is 4.76. The molecule has 150 valence electrons. The lowest BCUT2D eigenvalue weighted by Crippen LogP contribution is -2.17. The van der Waals surface area contributed by atoms with Crippen molar-refractivity contribution in [1.29, 1.82) is 0 Å². The molecule has 1 aromatic heterocycles. The molecule has 1 heterocycles. The van der Waals surface area contributed by atoms with E-state index >= 15 is 0 Å². The molecule has 6 heteroatoms. The molecule has 4 aromatic rings. The summed E-state index contributed by atoms with van der Waals surface area (Å²) in [5.41, 5.74) is 3.22. The lowest BCUT2D eigenvalue weighted by Gasteiger charge is -2.12. The molecule has 0 fully saturated rings. The molecule has 0 radical (unpaired) electrons. The Kier molecular flexibility index (Phi) is 5.57. The number of benzene rings is 3. The van der Waals surface area contributed by atoms with Crippen molar-refractivity contribution in [1.82, 2.24) is 15.5 Å². The molecule has 4 rings (SSSR count). The first-order valence-electron chi connectivity index (χ1n) is 9.77. The van der Waals surface area contributed by atoms with Crippen molar-refractivity contribution in [2.45, 2.75) is 6.92 Å². The van der Waals surface area contributed by atoms with Gasteiger partial charge < -0.3 is 15.4 Å². The number of nitrogens with zero attached hydrogens (tertiary/aromatic N) is 2. The van der Waals surface area contributed by atoms with E-state index in [1.165, 1.54) is 0 Å². The van der Waals surface area contributed by atoms with Gasteiger partial charge in [-0.2, -0.15) is 0 Å². The fourth-order valence-corrected chi connectivity index (χ4v) is 3.27. The molecule has 0 unspecified atom stereocenters. The maximum Gasteiger partial charge on any atom is 0.251 e. The number of fused-ring (bicyclic) bond motifs is 1. The fraction of sp³-hybridized carbons (Fsp3) is 0.125. The molecule has 0 saturated heterocycles. The van der Waals surface area contributed by atoms with Gasteiger partial charge in [-0.25, -0.2) is 0 Å². The summed E-state index contributed by atoms with van der Waals surface area (Å²) in [6.07, 6.45) is 0. The summed E-state index contributed by atoms with van der Waals surface area (Å²) in [5.74, 6) is 1.37. The minimum Gasteiger partial charge on any atom is -0.494 e. The van der Waals surface area contributed by atoms with Crippen LogP contribution in [-0.2, 0) is 0 Å². The highest BCUT2D eigenvalue weighted by Crippen LogP contribution is 2.31. The number of rotatable bonds is 6. The first-order chi connectivity index (χ1) is 14.7. The molecule has 6 nitrogen and oxygen atoms in total. The Balaban J connectivity index is 1.68. The Morgan fingerprint density at radius 1 is 0.900 bits per heavy atom. The zero-order valence-electron chi connectivity index (χ0n) is 16.8. The van der Waals surface area contributed by atoms with Gasteiger partial charge in [-0.15, -0.1) is 10.2 Å². The second-order valence-corrected chi connectivity index (χ2v) is 6.68. The Bertz CT molecular complexity index is 1170. The minimum absolute atomic E-state index is 0.119. The van der Waals surface area contributed by atoms with Gasteiger partial charge in [-0.05, 0) is 55.5 Å². The van der Waals surface area contributed by atoms with Crippen LogP contribution in [-0.4, -0.2) is 29.8 Å². The van der Waals surface area contributed by atoms with Crippen molar-refractivity contribution in [3.8, 4) is 17.0 Å². The molecule has 0 saturated carbocycles. The number of carbonyl (C=O) groups excluding carboxylic acids is 1. The zero-order valence-corrected chi connectivity index (χ0v) is 16.8. The summed E-state index contributed by atoms with van der Waals surface area (Å²) in [6, 6.07) is 23.1. The van der Waals surface area contributed by atoms with Gasteiger partial charge in [0.2, 0.25) is 0 Å².